The lowest BCUT2D eigenvalue weighted by Gasteiger charge is -2.09. The Bertz CT molecular complexity index is 477. The van der Waals surface area contributed by atoms with Gasteiger partial charge in [0.25, 0.3) is 0 Å². The second-order valence-corrected chi connectivity index (χ2v) is 3.44. The summed E-state index contributed by atoms with van der Waals surface area (Å²) in [5.41, 5.74) is 0.660. The van der Waals surface area contributed by atoms with Crippen LogP contribution in [0.2, 0.25) is 0 Å². The van der Waals surface area contributed by atoms with Crippen molar-refractivity contribution in [3.63, 3.8) is 0 Å². The molecule has 0 bridgehead atoms. The van der Waals surface area contributed by atoms with Gasteiger partial charge in [-0.3, -0.25) is 4.98 Å². The smallest absolute Gasteiger partial charge is 0.354 e. The highest BCUT2D eigenvalue weighted by Gasteiger charge is 2.29. The van der Waals surface area contributed by atoms with Crippen molar-refractivity contribution in [3.05, 3.63) is 54.4 Å². The van der Waals surface area contributed by atoms with E-state index in [-0.39, 0.29) is 0 Å². The van der Waals surface area contributed by atoms with Crippen molar-refractivity contribution in [2.75, 3.05) is 5.32 Å². The third-order valence-electron chi connectivity index (χ3n) is 2.16. The second-order valence-electron chi connectivity index (χ2n) is 3.44. The summed E-state index contributed by atoms with van der Waals surface area (Å²) in [5, 5.41) is 2.95. The molecular formula is C12H9F3N2. The number of pyridine rings is 1. The summed E-state index contributed by atoms with van der Waals surface area (Å²) in [5.74, 6) is 0. The van der Waals surface area contributed by atoms with Crippen LogP contribution in [-0.2, 0) is 6.18 Å². The van der Waals surface area contributed by atoms with E-state index in [9.17, 15) is 13.2 Å². The molecule has 1 N–H and O–H groups in total. The van der Waals surface area contributed by atoms with Crippen molar-refractivity contribution in [2.24, 2.45) is 0 Å². The van der Waals surface area contributed by atoms with Gasteiger partial charge in [0.05, 0.1) is 17.4 Å². The van der Waals surface area contributed by atoms with Crippen LogP contribution in [-0.4, -0.2) is 4.98 Å². The van der Waals surface area contributed by atoms with E-state index in [0.717, 1.165) is 17.8 Å². The van der Waals surface area contributed by atoms with Gasteiger partial charge in [-0.05, 0) is 36.4 Å². The van der Waals surface area contributed by atoms with E-state index in [1.165, 1.54) is 12.1 Å². The summed E-state index contributed by atoms with van der Waals surface area (Å²) < 4.78 is 36.9. The molecule has 0 amide bonds. The number of alkyl halides is 3. The molecule has 2 aromatic rings. The average Bonchev–Trinajstić information content (AvgIpc) is 2.30. The summed E-state index contributed by atoms with van der Waals surface area (Å²) in [7, 11) is 0. The van der Waals surface area contributed by atoms with Crippen molar-refractivity contribution in [1.29, 1.82) is 0 Å². The van der Waals surface area contributed by atoms with Crippen molar-refractivity contribution in [3.8, 4) is 0 Å². The molecule has 1 aromatic heterocycles. The van der Waals surface area contributed by atoms with E-state index < -0.39 is 11.7 Å². The van der Waals surface area contributed by atoms with Gasteiger partial charge in [-0.1, -0.05) is 0 Å². The van der Waals surface area contributed by atoms with E-state index in [2.05, 4.69) is 10.3 Å². The number of hydrogen-bond donors (Lipinski definition) is 1. The zero-order valence-electron chi connectivity index (χ0n) is 8.70. The number of benzene rings is 1. The largest absolute Gasteiger partial charge is 0.416 e. The lowest BCUT2D eigenvalue weighted by atomic mass is 10.2. The van der Waals surface area contributed by atoms with Crippen LogP contribution >= 0.6 is 0 Å². The number of nitrogens with one attached hydrogen (secondary N) is 1. The number of anilines is 2. The molecule has 0 atom stereocenters. The molecular weight excluding hydrogens is 229 g/mol. The molecule has 0 unspecified atom stereocenters. The zero-order valence-corrected chi connectivity index (χ0v) is 8.70. The third-order valence-corrected chi connectivity index (χ3v) is 2.16. The SMILES string of the molecule is FC(F)(F)c1ccc(Nc2cccnc2)cc1. The maximum atomic E-state index is 12.3. The monoisotopic (exact) mass is 238 g/mol. The van der Waals surface area contributed by atoms with Gasteiger partial charge in [0.15, 0.2) is 0 Å². The van der Waals surface area contributed by atoms with E-state index >= 15 is 0 Å². The first-order chi connectivity index (χ1) is 8.05. The molecule has 2 nitrogen and oxygen atoms in total. The molecule has 1 aromatic carbocycles. The predicted molar refractivity (Wildman–Crippen MR) is 59.0 cm³/mol. The minimum absolute atomic E-state index is 0.589. The first-order valence-electron chi connectivity index (χ1n) is 4.90. The van der Waals surface area contributed by atoms with Crippen LogP contribution in [0.5, 0.6) is 0 Å². The Labute approximate surface area is 96.1 Å². The Balaban J connectivity index is 2.14. The van der Waals surface area contributed by atoms with Crippen LogP contribution < -0.4 is 5.32 Å². The van der Waals surface area contributed by atoms with Crippen molar-refractivity contribution in [1.82, 2.24) is 4.98 Å². The Morgan fingerprint density at radius 1 is 0.941 bits per heavy atom. The first-order valence-corrected chi connectivity index (χ1v) is 4.90. The average molecular weight is 238 g/mol. The normalized spacial score (nSPS) is 11.2. The maximum Gasteiger partial charge on any atom is 0.416 e. The Kier molecular flexibility index (Phi) is 2.99. The predicted octanol–water partition coefficient (Wildman–Crippen LogP) is 3.84. The van der Waals surface area contributed by atoms with Crippen molar-refractivity contribution >= 4 is 11.4 Å². The molecule has 2 rings (SSSR count). The molecule has 0 radical (unpaired) electrons. The van der Waals surface area contributed by atoms with E-state index in [0.29, 0.717) is 5.69 Å². The molecule has 0 saturated heterocycles. The van der Waals surface area contributed by atoms with Gasteiger partial charge < -0.3 is 5.32 Å². The quantitative estimate of drug-likeness (QED) is 0.859. The van der Waals surface area contributed by atoms with Crippen LogP contribution in [0.3, 0.4) is 0 Å². The van der Waals surface area contributed by atoms with E-state index in [1.807, 2.05) is 0 Å². The maximum absolute atomic E-state index is 12.3. The number of aromatic nitrogens is 1. The highest BCUT2D eigenvalue weighted by atomic mass is 19.4. The topological polar surface area (TPSA) is 24.9 Å². The fourth-order valence-corrected chi connectivity index (χ4v) is 1.35. The third kappa shape index (κ3) is 2.96. The van der Waals surface area contributed by atoms with Crippen molar-refractivity contribution < 1.29 is 13.2 Å². The summed E-state index contributed by atoms with van der Waals surface area (Å²) >= 11 is 0. The van der Waals surface area contributed by atoms with Gasteiger partial charge in [0.1, 0.15) is 0 Å². The molecule has 0 aliphatic carbocycles. The summed E-state index contributed by atoms with van der Waals surface area (Å²) in [6, 6.07) is 8.38. The van der Waals surface area contributed by atoms with Gasteiger partial charge in [0, 0.05) is 11.9 Å². The molecule has 0 fully saturated rings. The first kappa shape index (κ1) is 11.4. The van der Waals surface area contributed by atoms with Crippen molar-refractivity contribution in [2.45, 2.75) is 6.18 Å². The summed E-state index contributed by atoms with van der Waals surface area (Å²) in [4.78, 5) is 3.90. The van der Waals surface area contributed by atoms with E-state index in [1.54, 1.807) is 24.5 Å². The number of rotatable bonds is 2. The van der Waals surface area contributed by atoms with Crippen LogP contribution in [0, 0.1) is 0 Å². The number of nitrogens with zero attached hydrogens (tertiary/aromatic N) is 1. The highest BCUT2D eigenvalue weighted by molar-refractivity contribution is 5.58. The molecule has 0 spiro atoms. The van der Waals surface area contributed by atoms with Gasteiger partial charge in [0.2, 0.25) is 0 Å². The Morgan fingerprint density at radius 2 is 1.65 bits per heavy atom. The van der Waals surface area contributed by atoms with Crippen LogP contribution in [0.4, 0.5) is 24.5 Å². The van der Waals surface area contributed by atoms with Gasteiger partial charge in [-0.15, -0.1) is 0 Å². The van der Waals surface area contributed by atoms with Crippen LogP contribution in [0.25, 0.3) is 0 Å². The molecule has 5 heteroatoms. The molecule has 0 saturated carbocycles. The Morgan fingerprint density at radius 3 is 2.18 bits per heavy atom. The fraction of sp³-hybridized carbons (Fsp3) is 0.0833. The number of hydrogen-bond acceptors (Lipinski definition) is 2. The van der Waals surface area contributed by atoms with Crippen LogP contribution in [0.15, 0.2) is 48.8 Å². The lowest BCUT2D eigenvalue weighted by Crippen LogP contribution is -2.04. The molecule has 1 heterocycles. The van der Waals surface area contributed by atoms with Crippen LogP contribution in [0.1, 0.15) is 5.56 Å². The molecule has 17 heavy (non-hydrogen) atoms. The minimum Gasteiger partial charge on any atom is -0.354 e. The minimum atomic E-state index is -4.30. The fourth-order valence-electron chi connectivity index (χ4n) is 1.35. The highest BCUT2D eigenvalue weighted by Crippen LogP contribution is 2.30. The second kappa shape index (κ2) is 4.45. The number of halogens is 3. The zero-order chi connectivity index (χ0) is 12.3. The van der Waals surface area contributed by atoms with Gasteiger partial charge in [-0.2, -0.15) is 13.2 Å². The lowest BCUT2D eigenvalue weighted by molar-refractivity contribution is -0.137. The van der Waals surface area contributed by atoms with E-state index in [4.69, 9.17) is 0 Å². The summed E-state index contributed by atoms with van der Waals surface area (Å²) in [6.45, 7) is 0. The summed E-state index contributed by atoms with van der Waals surface area (Å²) in [6.07, 6.45) is -1.08. The standard InChI is InChI=1S/C12H9F3N2/c13-12(14,15)9-3-5-10(6-4-9)17-11-2-1-7-16-8-11/h1-8,17H. The van der Waals surface area contributed by atoms with Gasteiger partial charge >= 0.3 is 6.18 Å². The molecule has 0 aliphatic heterocycles. The Hall–Kier alpha value is -2.04. The molecule has 88 valence electrons. The van der Waals surface area contributed by atoms with Gasteiger partial charge in [-0.25, -0.2) is 0 Å². The molecule has 0 aliphatic rings.